The molecule has 0 rings (SSSR count). The highest BCUT2D eigenvalue weighted by molar-refractivity contribution is 5.76. The monoisotopic (exact) mass is 844 g/mol. The molecule has 0 saturated heterocycles. The van der Waals surface area contributed by atoms with E-state index in [0.29, 0.717) is 19.4 Å². The van der Waals surface area contributed by atoms with Crippen LogP contribution in [0.25, 0.3) is 0 Å². The number of aliphatic hydroxyl groups is 2. The predicted octanol–water partition coefficient (Wildman–Crippen LogP) is 15.7. The number of hydrogen-bond donors (Lipinski definition) is 3. The zero-order chi connectivity index (χ0) is 43.7. The normalized spacial score (nSPS) is 12.9. The van der Waals surface area contributed by atoms with Crippen molar-refractivity contribution in [1.82, 2.24) is 5.32 Å². The van der Waals surface area contributed by atoms with Crippen molar-refractivity contribution >= 4 is 11.9 Å². The van der Waals surface area contributed by atoms with E-state index in [4.69, 9.17) is 4.74 Å². The lowest BCUT2D eigenvalue weighted by atomic mass is 10.0. The Hall–Kier alpha value is -1.92. The first kappa shape index (κ1) is 58.1. The molecule has 6 heteroatoms. The van der Waals surface area contributed by atoms with Gasteiger partial charge in [0.25, 0.3) is 0 Å². The molecule has 60 heavy (non-hydrogen) atoms. The first-order valence-electron chi connectivity index (χ1n) is 26.3. The van der Waals surface area contributed by atoms with Crippen LogP contribution < -0.4 is 5.32 Å². The number of rotatable bonds is 48. The largest absolute Gasteiger partial charge is 0.466 e. The van der Waals surface area contributed by atoms with Crippen LogP contribution >= 0.6 is 0 Å². The van der Waals surface area contributed by atoms with E-state index in [1.165, 1.54) is 180 Å². The van der Waals surface area contributed by atoms with Gasteiger partial charge >= 0.3 is 5.97 Å². The summed E-state index contributed by atoms with van der Waals surface area (Å²) in [4.78, 5) is 24.5. The number of aliphatic hydroxyl groups excluding tert-OH is 2. The van der Waals surface area contributed by atoms with E-state index in [2.05, 4.69) is 43.5 Å². The van der Waals surface area contributed by atoms with Gasteiger partial charge in [-0.1, -0.05) is 230 Å². The van der Waals surface area contributed by atoms with Crippen molar-refractivity contribution < 1.29 is 24.5 Å². The average Bonchev–Trinajstić information content (AvgIpc) is 3.25. The molecule has 0 aliphatic heterocycles. The molecule has 0 aromatic carbocycles. The van der Waals surface area contributed by atoms with Gasteiger partial charge in [-0.05, 0) is 64.2 Å². The second kappa shape index (κ2) is 49.7. The lowest BCUT2D eigenvalue weighted by Gasteiger charge is -2.20. The van der Waals surface area contributed by atoms with Crippen LogP contribution in [0.1, 0.15) is 271 Å². The summed E-state index contributed by atoms with van der Waals surface area (Å²) in [6.45, 7) is 4.83. The Kier molecular flexibility index (Phi) is 48.1. The summed E-state index contributed by atoms with van der Waals surface area (Å²) in [5, 5.41) is 23.1. The summed E-state index contributed by atoms with van der Waals surface area (Å²) in [5.41, 5.74) is 0. The van der Waals surface area contributed by atoms with Crippen LogP contribution in [0.3, 0.4) is 0 Å². The van der Waals surface area contributed by atoms with Crippen molar-refractivity contribution in [1.29, 1.82) is 0 Å². The van der Waals surface area contributed by atoms with Crippen LogP contribution in [0.5, 0.6) is 0 Å². The van der Waals surface area contributed by atoms with Crippen molar-refractivity contribution in [2.75, 3.05) is 13.2 Å². The van der Waals surface area contributed by atoms with Crippen molar-refractivity contribution in [3.05, 3.63) is 36.5 Å². The van der Waals surface area contributed by atoms with Gasteiger partial charge in [-0.2, -0.15) is 0 Å². The molecule has 0 heterocycles. The highest BCUT2D eigenvalue weighted by atomic mass is 16.5. The maximum Gasteiger partial charge on any atom is 0.305 e. The van der Waals surface area contributed by atoms with Crippen molar-refractivity contribution in [3.63, 3.8) is 0 Å². The Morgan fingerprint density at radius 3 is 1.30 bits per heavy atom. The van der Waals surface area contributed by atoms with Gasteiger partial charge in [0, 0.05) is 12.8 Å². The summed E-state index contributed by atoms with van der Waals surface area (Å²) in [6, 6.07) is -0.642. The second-order valence-corrected chi connectivity index (χ2v) is 17.9. The van der Waals surface area contributed by atoms with Gasteiger partial charge in [-0.25, -0.2) is 0 Å². The fourth-order valence-electron chi connectivity index (χ4n) is 7.84. The van der Waals surface area contributed by atoms with Crippen molar-refractivity contribution in [3.8, 4) is 0 Å². The fraction of sp³-hybridized carbons (Fsp3) is 0.852. The third kappa shape index (κ3) is 45.6. The van der Waals surface area contributed by atoms with E-state index in [-0.39, 0.29) is 18.5 Å². The molecule has 352 valence electrons. The zero-order valence-corrected chi connectivity index (χ0v) is 39.9. The minimum Gasteiger partial charge on any atom is -0.466 e. The van der Waals surface area contributed by atoms with Gasteiger partial charge in [0.05, 0.1) is 25.4 Å². The molecular weight excluding hydrogens is 743 g/mol. The van der Waals surface area contributed by atoms with Gasteiger partial charge < -0.3 is 20.3 Å². The summed E-state index contributed by atoms with van der Waals surface area (Å²) >= 11 is 0. The van der Waals surface area contributed by atoms with E-state index >= 15 is 0 Å². The Morgan fingerprint density at radius 2 is 0.833 bits per heavy atom. The molecule has 0 aromatic rings. The molecule has 0 fully saturated rings. The first-order chi connectivity index (χ1) is 29.5. The van der Waals surface area contributed by atoms with Crippen LogP contribution in [-0.2, 0) is 14.3 Å². The van der Waals surface area contributed by atoms with Crippen molar-refractivity contribution in [2.45, 2.75) is 283 Å². The van der Waals surface area contributed by atoms with E-state index < -0.39 is 12.1 Å². The molecule has 0 radical (unpaired) electrons. The van der Waals surface area contributed by atoms with Gasteiger partial charge in [-0.15, -0.1) is 0 Å². The number of carbonyl (C=O) groups excluding carboxylic acids is 2. The highest BCUT2D eigenvalue weighted by Crippen LogP contribution is 2.15. The third-order valence-electron chi connectivity index (χ3n) is 11.9. The molecule has 1 amide bonds. The Morgan fingerprint density at radius 1 is 0.467 bits per heavy atom. The number of nitrogens with one attached hydrogen (secondary N) is 1. The van der Waals surface area contributed by atoms with Gasteiger partial charge in [0.2, 0.25) is 5.91 Å². The minimum absolute atomic E-state index is 0.0236. The molecule has 0 aliphatic carbocycles. The average molecular weight is 844 g/mol. The fourth-order valence-corrected chi connectivity index (χ4v) is 7.84. The van der Waals surface area contributed by atoms with Gasteiger partial charge in [-0.3, -0.25) is 9.59 Å². The summed E-state index contributed by atoms with van der Waals surface area (Å²) in [7, 11) is 0. The molecule has 0 aromatic heterocycles. The summed E-state index contributed by atoms with van der Waals surface area (Å²) < 4.78 is 5.46. The van der Waals surface area contributed by atoms with Crippen LogP contribution in [0.4, 0.5) is 0 Å². The summed E-state index contributed by atoms with van der Waals surface area (Å²) in [6.07, 6.45) is 59.9. The van der Waals surface area contributed by atoms with Crippen LogP contribution in [0, 0.1) is 0 Å². The first-order valence-corrected chi connectivity index (χ1v) is 26.3. The molecule has 3 N–H and O–H groups in total. The van der Waals surface area contributed by atoms with Crippen LogP contribution in [-0.4, -0.2) is 47.4 Å². The Balaban J connectivity index is 3.51. The third-order valence-corrected chi connectivity index (χ3v) is 11.9. The number of hydrogen-bond acceptors (Lipinski definition) is 5. The maximum absolute atomic E-state index is 12.4. The molecule has 0 aliphatic rings. The lowest BCUT2D eigenvalue weighted by Crippen LogP contribution is -2.45. The van der Waals surface area contributed by atoms with Crippen LogP contribution in [0.15, 0.2) is 36.5 Å². The smallest absolute Gasteiger partial charge is 0.305 e. The molecule has 0 bridgehead atoms. The van der Waals surface area contributed by atoms with E-state index in [0.717, 1.165) is 64.2 Å². The van der Waals surface area contributed by atoms with E-state index in [9.17, 15) is 19.8 Å². The lowest BCUT2D eigenvalue weighted by molar-refractivity contribution is -0.143. The van der Waals surface area contributed by atoms with E-state index in [1.54, 1.807) is 6.08 Å². The minimum atomic E-state index is -0.857. The SMILES string of the molecule is CCCCC/C=C\C/C=C\CCCCCCCCCC(=O)OCCCCCCCCCCCCCC(=O)NC(CO)C(O)/C=C/CCCCCCCCCCCCCCC. The Bertz CT molecular complexity index is 977. The van der Waals surface area contributed by atoms with E-state index in [1.807, 2.05) is 6.08 Å². The molecule has 0 spiro atoms. The Labute approximate surface area is 373 Å². The topological polar surface area (TPSA) is 95.9 Å². The zero-order valence-electron chi connectivity index (χ0n) is 39.9. The molecule has 2 atom stereocenters. The highest BCUT2D eigenvalue weighted by Gasteiger charge is 2.18. The van der Waals surface area contributed by atoms with Crippen molar-refractivity contribution in [2.24, 2.45) is 0 Å². The van der Waals surface area contributed by atoms with Crippen LogP contribution in [0.2, 0.25) is 0 Å². The number of carbonyl (C=O) groups is 2. The standard InChI is InChI=1S/C54H101NO5/c1-3-5-7-9-11-13-15-17-19-20-22-24-28-32-36-40-44-48-54(59)60-49-45-41-37-33-29-25-27-31-35-39-43-47-53(58)55-51(50-56)52(57)46-42-38-34-30-26-23-21-18-16-14-12-10-8-6-4-2/h11,13,17,19,42,46,51-52,56-57H,3-10,12,14-16,18,20-41,43-45,47-50H2,1-2H3,(H,55,58)/b13-11-,19-17-,46-42+. The number of ether oxygens (including phenoxy) is 1. The quantitative estimate of drug-likeness (QED) is 0.0322. The number of unbranched alkanes of at least 4 members (excludes halogenated alkanes) is 33. The molecule has 2 unspecified atom stereocenters. The maximum atomic E-state index is 12.4. The summed E-state index contributed by atoms with van der Waals surface area (Å²) in [5.74, 6) is -0.111. The molecule has 6 nitrogen and oxygen atoms in total. The second-order valence-electron chi connectivity index (χ2n) is 17.9. The number of allylic oxidation sites excluding steroid dienone is 5. The molecule has 0 saturated carbocycles. The molecular formula is C54H101NO5. The van der Waals surface area contributed by atoms with Gasteiger partial charge in [0.15, 0.2) is 0 Å². The predicted molar refractivity (Wildman–Crippen MR) is 259 cm³/mol. The number of amides is 1. The van der Waals surface area contributed by atoms with Gasteiger partial charge in [0.1, 0.15) is 0 Å². The number of esters is 1.